The minimum absolute atomic E-state index is 0. The van der Waals surface area contributed by atoms with Crippen LogP contribution in [0.4, 0.5) is 5.69 Å². The van der Waals surface area contributed by atoms with E-state index in [4.69, 9.17) is 4.99 Å². The standard InChI is InChI=1S/C25H24N2S.2ClH/c1-27-18-17-26-23(22-12-6-7-13-24(22)27)16-15-21-11-5-8-14-25(21)28-19-20-9-3-2-4-10-20;;/h2-16H,17-19H2,1H3;2*1H/b16-15+;;. The Morgan fingerprint density at radius 1 is 0.867 bits per heavy atom. The van der Waals surface area contributed by atoms with Crippen LogP contribution in [0.2, 0.25) is 0 Å². The van der Waals surface area contributed by atoms with Gasteiger partial charge in [0.2, 0.25) is 0 Å². The van der Waals surface area contributed by atoms with Gasteiger partial charge in [-0.05, 0) is 29.3 Å². The third-order valence-corrected chi connectivity index (χ3v) is 6.05. The summed E-state index contributed by atoms with van der Waals surface area (Å²) in [5.74, 6) is 0.972. The number of hydrogen-bond donors (Lipinski definition) is 0. The highest BCUT2D eigenvalue weighted by Gasteiger charge is 2.13. The molecule has 0 bridgehead atoms. The molecule has 0 fully saturated rings. The van der Waals surface area contributed by atoms with E-state index in [9.17, 15) is 0 Å². The molecule has 156 valence electrons. The highest BCUT2D eigenvalue weighted by Crippen LogP contribution is 2.28. The summed E-state index contributed by atoms with van der Waals surface area (Å²) in [6.07, 6.45) is 4.37. The highest BCUT2D eigenvalue weighted by molar-refractivity contribution is 7.98. The van der Waals surface area contributed by atoms with Crippen molar-refractivity contribution >= 4 is 54.1 Å². The molecule has 2 nitrogen and oxygen atoms in total. The lowest BCUT2D eigenvalue weighted by atomic mass is 10.1. The van der Waals surface area contributed by atoms with Crippen LogP contribution in [0.15, 0.2) is 94.8 Å². The van der Waals surface area contributed by atoms with Crippen molar-refractivity contribution in [1.29, 1.82) is 0 Å². The maximum absolute atomic E-state index is 4.83. The molecule has 0 spiro atoms. The van der Waals surface area contributed by atoms with Crippen molar-refractivity contribution in [2.75, 3.05) is 25.0 Å². The van der Waals surface area contributed by atoms with E-state index in [1.54, 1.807) is 0 Å². The SMILES string of the molecule is CN1CCN=C(/C=C/c2ccccc2SCc2ccccc2)c2ccccc21.Cl.Cl. The maximum atomic E-state index is 4.83. The van der Waals surface area contributed by atoms with E-state index in [2.05, 4.69) is 103 Å². The lowest BCUT2D eigenvalue weighted by Gasteiger charge is -2.18. The highest BCUT2D eigenvalue weighted by atomic mass is 35.5. The first-order valence-electron chi connectivity index (χ1n) is 9.60. The summed E-state index contributed by atoms with van der Waals surface area (Å²) in [4.78, 5) is 8.41. The first-order chi connectivity index (χ1) is 13.8. The fraction of sp³-hybridized carbons (Fsp3) is 0.160. The number of thioether (sulfide) groups is 1. The molecule has 3 aromatic rings. The lowest BCUT2D eigenvalue weighted by Crippen LogP contribution is -2.20. The van der Waals surface area contributed by atoms with E-state index in [0.717, 1.165) is 24.6 Å². The van der Waals surface area contributed by atoms with Gasteiger partial charge in [0.05, 0.1) is 12.3 Å². The largest absolute Gasteiger partial charge is 0.372 e. The van der Waals surface area contributed by atoms with Crippen LogP contribution in [0, 0.1) is 0 Å². The van der Waals surface area contributed by atoms with Crippen LogP contribution >= 0.6 is 36.6 Å². The maximum Gasteiger partial charge on any atom is 0.0668 e. The summed E-state index contributed by atoms with van der Waals surface area (Å²) in [6, 6.07) is 27.7. The quantitative estimate of drug-likeness (QED) is 0.393. The van der Waals surface area contributed by atoms with Crippen molar-refractivity contribution in [3.05, 3.63) is 102 Å². The van der Waals surface area contributed by atoms with Crippen molar-refractivity contribution in [3.8, 4) is 0 Å². The number of para-hydroxylation sites is 1. The van der Waals surface area contributed by atoms with Gasteiger partial charge in [0, 0.05) is 35.5 Å². The van der Waals surface area contributed by atoms with Gasteiger partial charge in [-0.25, -0.2) is 0 Å². The second-order valence-corrected chi connectivity index (χ2v) is 7.87. The number of likely N-dealkylation sites (N-methyl/N-ethyl adjacent to an activating group) is 1. The zero-order valence-corrected chi connectivity index (χ0v) is 19.4. The molecule has 0 amide bonds. The third-order valence-electron chi connectivity index (χ3n) is 4.89. The molecule has 0 aromatic heterocycles. The van der Waals surface area contributed by atoms with Crippen LogP contribution in [-0.2, 0) is 5.75 Å². The summed E-state index contributed by atoms with van der Waals surface area (Å²) in [5, 5.41) is 0. The topological polar surface area (TPSA) is 15.6 Å². The Labute approximate surface area is 195 Å². The summed E-state index contributed by atoms with van der Waals surface area (Å²) < 4.78 is 0. The average Bonchev–Trinajstić information content (AvgIpc) is 2.91. The minimum Gasteiger partial charge on any atom is -0.372 e. The van der Waals surface area contributed by atoms with Gasteiger partial charge >= 0.3 is 0 Å². The van der Waals surface area contributed by atoms with Gasteiger partial charge in [-0.15, -0.1) is 36.6 Å². The third kappa shape index (κ3) is 5.91. The van der Waals surface area contributed by atoms with Crippen molar-refractivity contribution in [2.45, 2.75) is 10.6 Å². The number of nitrogens with zero attached hydrogens (tertiary/aromatic N) is 2. The Morgan fingerprint density at radius 2 is 1.57 bits per heavy atom. The van der Waals surface area contributed by atoms with Crippen molar-refractivity contribution in [3.63, 3.8) is 0 Å². The van der Waals surface area contributed by atoms with Gasteiger partial charge in [0.25, 0.3) is 0 Å². The smallest absolute Gasteiger partial charge is 0.0668 e. The molecule has 30 heavy (non-hydrogen) atoms. The summed E-state index contributed by atoms with van der Waals surface area (Å²) in [5.41, 5.74) is 6.09. The number of rotatable bonds is 5. The van der Waals surface area contributed by atoms with Gasteiger partial charge in [-0.3, -0.25) is 4.99 Å². The van der Waals surface area contributed by atoms with E-state index in [1.807, 2.05) is 11.8 Å². The molecule has 0 atom stereocenters. The molecule has 1 aliphatic heterocycles. The van der Waals surface area contributed by atoms with E-state index in [0.29, 0.717) is 0 Å². The Morgan fingerprint density at radius 3 is 2.40 bits per heavy atom. The molecular formula is C25H26Cl2N2S. The second kappa shape index (κ2) is 11.8. The van der Waals surface area contributed by atoms with Gasteiger partial charge in [0.1, 0.15) is 0 Å². The molecule has 0 N–H and O–H groups in total. The molecule has 1 aliphatic rings. The van der Waals surface area contributed by atoms with E-state index in [-0.39, 0.29) is 24.8 Å². The molecule has 0 radical (unpaired) electrons. The van der Waals surface area contributed by atoms with Crippen LogP contribution < -0.4 is 4.90 Å². The molecule has 5 heteroatoms. The Bertz CT molecular complexity index is 1000. The predicted octanol–water partition coefficient (Wildman–Crippen LogP) is 6.77. The summed E-state index contributed by atoms with van der Waals surface area (Å²) >= 11 is 1.88. The summed E-state index contributed by atoms with van der Waals surface area (Å²) in [7, 11) is 2.14. The molecule has 0 saturated carbocycles. The second-order valence-electron chi connectivity index (χ2n) is 6.85. The molecule has 0 aliphatic carbocycles. The number of benzodiazepines with no additional fused rings is 1. The van der Waals surface area contributed by atoms with Crippen molar-refractivity contribution in [2.24, 2.45) is 4.99 Å². The first-order valence-corrected chi connectivity index (χ1v) is 10.6. The van der Waals surface area contributed by atoms with Crippen molar-refractivity contribution < 1.29 is 0 Å². The Hall–Kier alpha value is -2.20. The lowest BCUT2D eigenvalue weighted by molar-refractivity contribution is 0.897. The van der Waals surface area contributed by atoms with Crippen molar-refractivity contribution in [1.82, 2.24) is 0 Å². The molecule has 4 rings (SSSR count). The van der Waals surface area contributed by atoms with E-state index < -0.39 is 0 Å². The zero-order chi connectivity index (χ0) is 19.2. The zero-order valence-electron chi connectivity index (χ0n) is 16.9. The van der Waals surface area contributed by atoms with Crippen LogP contribution in [0.25, 0.3) is 6.08 Å². The van der Waals surface area contributed by atoms with Crippen LogP contribution in [0.1, 0.15) is 16.7 Å². The number of halogens is 2. The van der Waals surface area contributed by atoms with Gasteiger partial charge in [-0.2, -0.15) is 0 Å². The van der Waals surface area contributed by atoms with Gasteiger partial charge in [0.15, 0.2) is 0 Å². The molecular weight excluding hydrogens is 431 g/mol. The number of anilines is 1. The monoisotopic (exact) mass is 456 g/mol. The van der Waals surface area contributed by atoms with Gasteiger partial charge in [-0.1, -0.05) is 72.8 Å². The number of allylic oxidation sites excluding steroid dienone is 1. The molecule has 1 heterocycles. The molecule has 0 saturated heterocycles. The number of aliphatic imine (C=N–C) groups is 1. The van der Waals surface area contributed by atoms with Crippen LogP contribution in [0.5, 0.6) is 0 Å². The fourth-order valence-corrected chi connectivity index (χ4v) is 4.34. The van der Waals surface area contributed by atoms with Crippen LogP contribution in [0.3, 0.4) is 0 Å². The summed E-state index contributed by atoms with van der Waals surface area (Å²) in [6.45, 7) is 1.76. The number of benzene rings is 3. The number of hydrogen-bond acceptors (Lipinski definition) is 3. The normalized spacial score (nSPS) is 13.0. The number of fused-ring (bicyclic) bond motifs is 1. The molecule has 3 aromatic carbocycles. The first kappa shape index (κ1) is 24.1. The Kier molecular flexibility index (Phi) is 9.51. The Balaban J connectivity index is 0.00000160. The van der Waals surface area contributed by atoms with E-state index >= 15 is 0 Å². The fourth-order valence-electron chi connectivity index (χ4n) is 3.35. The predicted molar refractivity (Wildman–Crippen MR) is 137 cm³/mol. The van der Waals surface area contributed by atoms with Crippen LogP contribution in [-0.4, -0.2) is 25.8 Å². The van der Waals surface area contributed by atoms with Gasteiger partial charge < -0.3 is 4.90 Å². The minimum atomic E-state index is 0. The van der Waals surface area contributed by atoms with E-state index in [1.165, 1.54) is 27.3 Å². The average molecular weight is 457 g/mol. The molecule has 0 unspecified atom stereocenters.